The van der Waals surface area contributed by atoms with Gasteiger partial charge in [-0.15, -0.1) is 0 Å². The normalized spacial score (nSPS) is 21.3. The minimum Gasteiger partial charge on any atom is -0.484 e. The van der Waals surface area contributed by atoms with Gasteiger partial charge in [0.1, 0.15) is 18.1 Å². The number of anilines is 3. The average molecular weight is 949 g/mol. The van der Waals surface area contributed by atoms with Crippen molar-refractivity contribution in [2.75, 3.05) is 62.6 Å². The summed E-state index contributed by atoms with van der Waals surface area (Å²) in [5, 5.41) is 9.29. The van der Waals surface area contributed by atoms with Gasteiger partial charge in [-0.3, -0.25) is 43.9 Å². The molecule has 3 aromatic carbocycles. The second kappa shape index (κ2) is 18.6. The van der Waals surface area contributed by atoms with Crippen molar-refractivity contribution < 1.29 is 33.5 Å². The van der Waals surface area contributed by atoms with Gasteiger partial charge >= 0.3 is 0 Å². The van der Waals surface area contributed by atoms with Crippen LogP contribution in [0.25, 0.3) is 11.2 Å². The molecule has 346 valence electrons. The monoisotopic (exact) mass is 947 g/mol. The molecule has 20 heteroatoms. The van der Waals surface area contributed by atoms with Gasteiger partial charge in [-0.2, -0.15) is 0 Å². The molecule has 1 atom stereocenters. The molecule has 18 nitrogen and oxygen atoms in total. The van der Waals surface area contributed by atoms with Gasteiger partial charge in [-0.25, -0.2) is 15.0 Å². The number of aromatic nitrogens is 4. The Bertz CT molecular complexity index is 2760. The summed E-state index contributed by atoms with van der Waals surface area (Å²) in [6.45, 7) is 5.39. The summed E-state index contributed by atoms with van der Waals surface area (Å²) < 4.78 is 7.83. The van der Waals surface area contributed by atoms with Crippen LogP contribution in [0.3, 0.4) is 0 Å². The first-order chi connectivity index (χ1) is 32.5. The molecule has 1 saturated carbocycles. The molecule has 4 fully saturated rings. The number of imidazole rings is 1. The number of ether oxygens (including phenoxy) is 1. The molecule has 3 saturated heterocycles. The predicted octanol–water partition coefficient (Wildman–Crippen LogP) is 4.85. The van der Waals surface area contributed by atoms with Crippen LogP contribution >= 0.6 is 23.2 Å². The van der Waals surface area contributed by atoms with Crippen LogP contribution in [0.4, 0.5) is 17.2 Å². The first kappa shape index (κ1) is 44.2. The van der Waals surface area contributed by atoms with Gasteiger partial charge in [-0.1, -0.05) is 29.3 Å². The first-order valence-electron chi connectivity index (χ1n) is 22.5. The largest absolute Gasteiger partial charge is 0.484 e. The van der Waals surface area contributed by atoms with Crippen molar-refractivity contribution >= 4 is 87.0 Å². The van der Waals surface area contributed by atoms with Crippen molar-refractivity contribution in [1.82, 2.24) is 44.9 Å². The van der Waals surface area contributed by atoms with Crippen molar-refractivity contribution in [2.45, 2.75) is 56.7 Å². The van der Waals surface area contributed by atoms with Crippen LogP contribution in [-0.2, 0) is 14.4 Å². The van der Waals surface area contributed by atoms with Crippen LogP contribution in [-0.4, -0.2) is 134 Å². The summed E-state index contributed by atoms with van der Waals surface area (Å²) >= 11 is 12.5. The van der Waals surface area contributed by atoms with Crippen LogP contribution in [0, 0.1) is 5.92 Å². The second-order valence-electron chi connectivity index (χ2n) is 17.7. The van der Waals surface area contributed by atoms with E-state index in [2.05, 4.69) is 65.0 Å². The molecule has 5 aliphatic rings. The third-order valence-corrected chi connectivity index (χ3v) is 14.1. The number of nitrogens with one attached hydrogen (secondary N) is 3. The van der Waals surface area contributed by atoms with E-state index in [1.54, 1.807) is 29.4 Å². The zero-order valence-corrected chi connectivity index (χ0v) is 37.8. The summed E-state index contributed by atoms with van der Waals surface area (Å²) in [6.07, 6.45) is 7.00. The van der Waals surface area contributed by atoms with Gasteiger partial charge < -0.3 is 29.7 Å². The quantitative estimate of drug-likeness (QED) is 0.143. The Hall–Kier alpha value is -6.63. The molecular weight excluding hydrogens is 901 g/mol. The number of hydrogen-bond donors (Lipinski definition) is 3. The molecule has 5 aromatic rings. The van der Waals surface area contributed by atoms with Gasteiger partial charge in [-0.05, 0) is 92.6 Å². The van der Waals surface area contributed by atoms with E-state index in [1.165, 1.54) is 24.5 Å². The maximum atomic E-state index is 13.2. The molecule has 2 aromatic heterocycles. The van der Waals surface area contributed by atoms with Crippen LogP contribution in [0.15, 0.2) is 73.3 Å². The zero-order valence-electron chi connectivity index (χ0n) is 36.3. The van der Waals surface area contributed by atoms with Crippen molar-refractivity contribution in [3.63, 3.8) is 0 Å². The molecular formula is C47H47Cl2N11O7. The molecule has 0 spiro atoms. The van der Waals surface area contributed by atoms with Crippen molar-refractivity contribution in [2.24, 2.45) is 5.92 Å². The van der Waals surface area contributed by atoms with E-state index < -0.39 is 29.7 Å². The number of benzene rings is 3. The molecule has 6 heterocycles. The number of halogens is 2. The Labute approximate surface area is 394 Å². The predicted molar refractivity (Wildman–Crippen MR) is 248 cm³/mol. The fraction of sp³-hybridized carbons (Fsp3) is 0.383. The van der Waals surface area contributed by atoms with E-state index >= 15 is 0 Å². The maximum Gasteiger partial charge on any atom is 0.262 e. The number of carbonyl (C=O) groups is 6. The lowest BCUT2D eigenvalue weighted by molar-refractivity contribution is -0.136. The number of imide groups is 2. The number of hydrogen-bond acceptors (Lipinski definition) is 13. The molecule has 0 radical (unpaired) electrons. The number of fused-ring (bicyclic) bond motifs is 2. The molecule has 1 aliphatic carbocycles. The van der Waals surface area contributed by atoms with Gasteiger partial charge in [0.15, 0.2) is 23.6 Å². The Morgan fingerprint density at radius 2 is 1.55 bits per heavy atom. The number of carbonyl (C=O) groups excluding carboxylic acids is 6. The first-order valence-corrected chi connectivity index (χ1v) is 23.3. The number of amides is 6. The third kappa shape index (κ3) is 9.00. The Kier molecular flexibility index (Phi) is 12.3. The van der Waals surface area contributed by atoms with E-state index in [0.29, 0.717) is 40.4 Å². The summed E-state index contributed by atoms with van der Waals surface area (Å²) in [6, 6.07) is 16.8. The van der Waals surface area contributed by atoms with Crippen LogP contribution in [0.5, 0.6) is 5.75 Å². The highest BCUT2D eigenvalue weighted by Gasteiger charge is 2.45. The number of rotatable bonds is 12. The van der Waals surface area contributed by atoms with Crippen molar-refractivity contribution in [3.8, 4) is 5.75 Å². The maximum absolute atomic E-state index is 13.2. The molecule has 3 N–H and O–H groups in total. The van der Waals surface area contributed by atoms with E-state index in [4.69, 9.17) is 27.9 Å². The minimum absolute atomic E-state index is 0.0243. The van der Waals surface area contributed by atoms with Crippen LogP contribution in [0.1, 0.15) is 75.6 Å². The lowest BCUT2D eigenvalue weighted by Crippen LogP contribution is -2.54. The minimum atomic E-state index is -1.05. The highest BCUT2D eigenvalue weighted by Crippen LogP contribution is 2.37. The van der Waals surface area contributed by atoms with Crippen LogP contribution in [0.2, 0.25) is 10.0 Å². The smallest absolute Gasteiger partial charge is 0.262 e. The molecule has 4 aliphatic heterocycles. The number of piperazine rings is 1. The van der Waals surface area contributed by atoms with Gasteiger partial charge in [0.25, 0.3) is 23.6 Å². The van der Waals surface area contributed by atoms with Crippen LogP contribution < -0.4 is 25.6 Å². The third-order valence-electron chi connectivity index (χ3n) is 13.5. The fourth-order valence-corrected chi connectivity index (χ4v) is 10.3. The number of nitrogens with zero attached hydrogens (tertiary/aromatic N) is 8. The summed E-state index contributed by atoms with van der Waals surface area (Å²) in [7, 11) is 0. The molecule has 1 unspecified atom stereocenters. The van der Waals surface area contributed by atoms with E-state index in [-0.39, 0.29) is 65.8 Å². The Morgan fingerprint density at radius 3 is 2.28 bits per heavy atom. The lowest BCUT2D eigenvalue weighted by atomic mass is 9.86. The second-order valence-corrected chi connectivity index (χ2v) is 18.5. The Balaban J connectivity index is 0.649. The SMILES string of the molecule is O=C1CCC(N2C(=O)c3ccc(OCC(=O)N4CCN(CC5CCN(c6ccc(Nc7ncnc8c7ncn8C7CC(NC(=O)c8c(Cl)cccc8Cl)C7)cc6)CC5)CC4)cc3C2=O)C(=O)N1. The van der Waals surface area contributed by atoms with E-state index in [1.807, 2.05) is 4.57 Å². The lowest BCUT2D eigenvalue weighted by Gasteiger charge is -2.39. The fourth-order valence-electron chi connectivity index (χ4n) is 9.70. The van der Waals surface area contributed by atoms with Gasteiger partial charge in [0, 0.05) is 75.7 Å². The topological polar surface area (TPSA) is 204 Å². The molecule has 10 rings (SSSR count). The molecule has 6 amide bonds. The summed E-state index contributed by atoms with van der Waals surface area (Å²) in [4.78, 5) is 97.4. The molecule has 0 bridgehead atoms. The highest BCUT2D eigenvalue weighted by atomic mass is 35.5. The van der Waals surface area contributed by atoms with Crippen molar-refractivity contribution in [1.29, 1.82) is 0 Å². The van der Waals surface area contributed by atoms with Gasteiger partial charge in [0.05, 0.1) is 33.1 Å². The standard InChI is InChI=1S/C47H47Cl2N11O7/c48-35-2-1-3-36(49)40(35)45(64)54-29-20-31(21-29)59-26-52-41-42(50-25-51-43(41)59)53-28-4-6-30(7-5-28)57-14-12-27(13-15-57)23-56-16-18-58(19-17-56)39(62)24-67-32-8-9-33-34(22-32)47(66)60(46(33)65)37-10-11-38(61)55-44(37)63/h1-9,22,25-27,29,31,37H,10-21,23-24H2,(H,54,64)(H,50,51,53)(H,55,61,63). The van der Waals surface area contributed by atoms with E-state index in [0.717, 1.165) is 80.3 Å². The van der Waals surface area contributed by atoms with E-state index in [9.17, 15) is 28.8 Å². The van der Waals surface area contributed by atoms with Gasteiger partial charge in [0.2, 0.25) is 11.8 Å². The molecule has 67 heavy (non-hydrogen) atoms. The highest BCUT2D eigenvalue weighted by molar-refractivity contribution is 6.39. The summed E-state index contributed by atoms with van der Waals surface area (Å²) in [5.41, 5.74) is 3.98. The number of piperidine rings is 2. The average Bonchev–Trinajstić information content (AvgIpc) is 3.85. The van der Waals surface area contributed by atoms with Crippen molar-refractivity contribution in [3.05, 3.63) is 100 Å². The zero-order chi connectivity index (χ0) is 46.3. The summed E-state index contributed by atoms with van der Waals surface area (Å²) in [5.74, 6) is -1.33. The Morgan fingerprint density at radius 1 is 0.821 bits per heavy atom.